The molecule has 2 bridgehead atoms. The second kappa shape index (κ2) is 3.22. The lowest BCUT2D eigenvalue weighted by molar-refractivity contribution is -0.185. The first-order chi connectivity index (χ1) is 7.61. The van der Waals surface area contributed by atoms with Crippen molar-refractivity contribution in [2.75, 3.05) is 0 Å². The standard InChI is InChI=1S/C12H16O4/c13-11(14)9-7-3-4-8(10(9)12(15)16)6-2-1-5(6)7/h5-10H,1-4H2,(H,13,14)(H,15,16)/t5?,6?,7?,8?,9-,10-/m1/s1. The Balaban J connectivity index is 1.97. The Morgan fingerprint density at radius 3 is 1.25 bits per heavy atom. The lowest BCUT2D eigenvalue weighted by Gasteiger charge is -2.59. The highest BCUT2D eigenvalue weighted by atomic mass is 16.4. The molecule has 0 radical (unpaired) electrons. The predicted octanol–water partition coefficient (Wildman–Crippen LogP) is 1.45. The van der Waals surface area contributed by atoms with Crippen LogP contribution in [0.2, 0.25) is 0 Å². The number of fused-ring (bicyclic) bond motifs is 2. The van der Waals surface area contributed by atoms with E-state index in [0.29, 0.717) is 11.8 Å². The van der Waals surface area contributed by atoms with Crippen LogP contribution in [-0.2, 0) is 9.59 Å². The molecule has 4 aliphatic rings. The number of hydrogen-bond acceptors (Lipinski definition) is 2. The van der Waals surface area contributed by atoms with Gasteiger partial charge in [0.15, 0.2) is 0 Å². The van der Waals surface area contributed by atoms with Crippen LogP contribution in [0.1, 0.15) is 25.7 Å². The average molecular weight is 224 g/mol. The van der Waals surface area contributed by atoms with E-state index in [1.165, 1.54) is 0 Å². The molecular weight excluding hydrogens is 208 g/mol. The SMILES string of the molecule is O=C(O)[C@@H]1C2CCC(C3CCC32)[C@H]1C(=O)O. The number of carboxylic acids is 2. The number of aliphatic carboxylic acids is 2. The Bertz CT molecular complexity index is 317. The van der Waals surface area contributed by atoms with E-state index >= 15 is 0 Å². The van der Waals surface area contributed by atoms with Gasteiger partial charge in [0.05, 0.1) is 11.8 Å². The van der Waals surface area contributed by atoms with Crippen molar-refractivity contribution < 1.29 is 19.8 Å². The lowest BCUT2D eigenvalue weighted by Crippen LogP contribution is -2.58. The van der Waals surface area contributed by atoms with Gasteiger partial charge in [0, 0.05) is 0 Å². The summed E-state index contributed by atoms with van der Waals surface area (Å²) in [4.78, 5) is 22.5. The van der Waals surface area contributed by atoms with Gasteiger partial charge < -0.3 is 10.2 Å². The maximum Gasteiger partial charge on any atom is 0.307 e. The van der Waals surface area contributed by atoms with Crippen molar-refractivity contribution in [2.24, 2.45) is 35.5 Å². The van der Waals surface area contributed by atoms with Gasteiger partial charge >= 0.3 is 11.9 Å². The molecule has 4 unspecified atom stereocenters. The van der Waals surface area contributed by atoms with E-state index in [9.17, 15) is 19.8 Å². The number of hydrogen-bond donors (Lipinski definition) is 2. The third-order valence-corrected chi connectivity index (χ3v) is 5.20. The fraction of sp³-hybridized carbons (Fsp3) is 0.833. The third-order valence-electron chi connectivity index (χ3n) is 5.20. The topological polar surface area (TPSA) is 74.6 Å². The summed E-state index contributed by atoms with van der Waals surface area (Å²) in [6.45, 7) is 0. The Morgan fingerprint density at radius 1 is 0.688 bits per heavy atom. The minimum Gasteiger partial charge on any atom is -0.481 e. The Morgan fingerprint density at radius 2 is 1.00 bits per heavy atom. The highest BCUT2D eigenvalue weighted by Gasteiger charge is 2.61. The maximum absolute atomic E-state index is 11.3. The van der Waals surface area contributed by atoms with Crippen molar-refractivity contribution >= 4 is 11.9 Å². The summed E-state index contributed by atoms with van der Waals surface area (Å²) >= 11 is 0. The van der Waals surface area contributed by atoms with Crippen LogP contribution < -0.4 is 0 Å². The van der Waals surface area contributed by atoms with Gasteiger partial charge in [-0.15, -0.1) is 0 Å². The van der Waals surface area contributed by atoms with Gasteiger partial charge in [0.2, 0.25) is 0 Å². The van der Waals surface area contributed by atoms with E-state index in [-0.39, 0.29) is 11.8 Å². The molecule has 4 rings (SSSR count). The summed E-state index contributed by atoms with van der Waals surface area (Å²) in [6.07, 6.45) is 4.07. The van der Waals surface area contributed by atoms with Gasteiger partial charge in [-0.25, -0.2) is 0 Å². The fourth-order valence-electron chi connectivity index (χ4n) is 4.53. The van der Waals surface area contributed by atoms with Gasteiger partial charge in [-0.3, -0.25) is 9.59 Å². The molecule has 4 nitrogen and oxygen atoms in total. The molecule has 6 atom stereocenters. The molecule has 0 saturated heterocycles. The first kappa shape index (κ1) is 10.1. The average Bonchev–Trinajstić information content (AvgIpc) is 2.15. The highest BCUT2D eigenvalue weighted by Crippen LogP contribution is 2.62. The molecule has 0 heterocycles. The summed E-state index contributed by atoms with van der Waals surface area (Å²) in [5, 5.41) is 18.5. The molecule has 0 aliphatic heterocycles. The van der Waals surface area contributed by atoms with E-state index in [1.807, 2.05) is 0 Å². The first-order valence-corrected chi connectivity index (χ1v) is 6.07. The quantitative estimate of drug-likeness (QED) is 0.744. The van der Waals surface area contributed by atoms with Crippen LogP contribution in [0.15, 0.2) is 0 Å². The van der Waals surface area contributed by atoms with Gasteiger partial charge in [-0.2, -0.15) is 0 Å². The van der Waals surface area contributed by atoms with Crippen molar-refractivity contribution in [3.8, 4) is 0 Å². The summed E-state index contributed by atoms with van der Waals surface area (Å²) < 4.78 is 0. The van der Waals surface area contributed by atoms with Crippen LogP contribution >= 0.6 is 0 Å². The van der Waals surface area contributed by atoms with E-state index in [1.54, 1.807) is 0 Å². The molecule has 0 amide bonds. The first-order valence-electron chi connectivity index (χ1n) is 6.07. The molecule has 0 aromatic carbocycles. The van der Waals surface area contributed by atoms with Crippen molar-refractivity contribution in [1.82, 2.24) is 0 Å². The normalized spacial score (nSPS) is 49.2. The van der Waals surface area contributed by atoms with Crippen LogP contribution in [-0.4, -0.2) is 22.2 Å². The number of rotatable bonds is 2. The molecule has 88 valence electrons. The molecule has 4 aliphatic carbocycles. The molecule has 4 fully saturated rings. The van der Waals surface area contributed by atoms with Gasteiger partial charge in [0.1, 0.15) is 0 Å². The van der Waals surface area contributed by atoms with E-state index in [2.05, 4.69) is 0 Å². The van der Waals surface area contributed by atoms with Crippen molar-refractivity contribution in [2.45, 2.75) is 25.7 Å². The second-order valence-electron chi connectivity index (χ2n) is 5.54. The van der Waals surface area contributed by atoms with Crippen LogP contribution in [0.25, 0.3) is 0 Å². The summed E-state index contributed by atoms with van der Waals surface area (Å²) in [5.41, 5.74) is 0. The minimum atomic E-state index is -0.896. The lowest BCUT2D eigenvalue weighted by atomic mass is 9.44. The molecule has 0 aromatic heterocycles. The second-order valence-corrected chi connectivity index (χ2v) is 5.54. The van der Waals surface area contributed by atoms with Gasteiger partial charge in [-0.05, 0) is 49.4 Å². The zero-order valence-corrected chi connectivity index (χ0v) is 9.00. The van der Waals surface area contributed by atoms with Gasteiger partial charge in [0.25, 0.3) is 0 Å². The zero-order valence-electron chi connectivity index (χ0n) is 9.00. The minimum absolute atomic E-state index is 0.127. The Hall–Kier alpha value is -1.06. The Labute approximate surface area is 93.6 Å². The molecule has 16 heavy (non-hydrogen) atoms. The van der Waals surface area contributed by atoms with Crippen LogP contribution in [0, 0.1) is 35.5 Å². The predicted molar refractivity (Wildman–Crippen MR) is 54.7 cm³/mol. The Kier molecular flexibility index (Phi) is 2.03. The van der Waals surface area contributed by atoms with E-state index in [0.717, 1.165) is 25.7 Å². The van der Waals surface area contributed by atoms with E-state index < -0.39 is 23.8 Å². The molecule has 0 aromatic rings. The molecular formula is C12H16O4. The van der Waals surface area contributed by atoms with E-state index in [4.69, 9.17) is 0 Å². The van der Waals surface area contributed by atoms with Crippen LogP contribution in [0.5, 0.6) is 0 Å². The summed E-state index contributed by atoms with van der Waals surface area (Å²) in [7, 11) is 0. The zero-order chi connectivity index (χ0) is 11.4. The molecule has 4 saturated carbocycles. The summed E-state index contributed by atoms with van der Waals surface area (Å²) in [5.74, 6) is -1.77. The highest BCUT2D eigenvalue weighted by molar-refractivity contribution is 5.81. The van der Waals surface area contributed by atoms with Crippen LogP contribution in [0.4, 0.5) is 0 Å². The van der Waals surface area contributed by atoms with Gasteiger partial charge in [-0.1, -0.05) is 0 Å². The fourth-order valence-corrected chi connectivity index (χ4v) is 4.53. The summed E-state index contributed by atoms with van der Waals surface area (Å²) in [6, 6.07) is 0. The molecule has 4 heteroatoms. The molecule has 0 spiro atoms. The number of carboxylic acid groups (broad SMARTS) is 2. The van der Waals surface area contributed by atoms with Crippen molar-refractivity contribution in [3.05, 3.63) is 0 Å². The third kappa shape index (κ3) is 1.10. The monoisotopic (exact) mass is 224 g/mol. The maximum atomic E-state index is 11.3. The van der Waals surface area contributed by atoms with Crippen molar-refractivity contribution in [1.29, 1.82) is 0 Å². The molecule has 2 N–H and O–H groups in total. The smallest absolute Gasteiger partial charge is 0.307 e. The van der Waals surface area contributed by atoms with Crippen LogP contribution in [0.3, 0.4) is 0 Å². The largest absolute Gasteiger partial charge is 0.481 e. The van der Waals surface area contributed by atoms with Crippen molar-refractivity contribution in [3.63, 3.8) is 0 Å². The number of carbonyl (C=O) groups is 2.